The van der Waals surface area contributed by atoms with E-state index in [0.29, 0.717) is 31.7 Å². The fourth-order valence-electron chi connectivity index (χ4n) is 5.73. The van der Waals surface area contributed by atoms with Crippen molar-refractivity contribution in [1.82, 2.24) is 19.6 Å². The average molecular weight is 619 g/mol. The van der Waals surface area contributed by atoms with E-state index in [1.807, 2.05) is 23.6 Å². The molecule has 0 radical (unpaired) electrons. The van der Waals surface area contributed by atoms with E-state index in [0.717, 1.165) is 105 Å². The van der Waals surface area contributed by atoms with Crippen LogP contribution in [0.4, 0.5) is 0 Å². The Balaban J connectivity index is 1.56. The Hall–Kier alpha value is -1.85. The number of phenolic OH excluding ortho intramolecular Hbond substituents is 1. The molecule has 0 saturated carbocycles. The molecular weight excluding hydrogens is 573 g/mol. The number of hydrogen-bond acceptors (Lipinski definition) is 8. The van der Waals surface area contributed by atoms with E-state index in [4.69, 9.17) is 12.2 Å². The predicted molar refractivity (Wildman–Crippen MR) is 172 cm³/mol. The highest BCUT2D eigenvalue weighted by atomic mass is 32.9. The second kappa shape index (κ2) is 15.6. The van der Waals surface area contributed by atoms with Crippen LogP contribution in [0.3, 0.4) is 0 Å². The van der Waals surface area contributed by atoms with Crippen molar-refractivity contribution in [2.45, 2.75) is 78.8 Å². The van der Waals surface area contributed by atoms with Gasteiger partial charge in [0, 0.05) is 89.4 Å². The SMILES string of the molecule is CCCCc1c(-c2cc(CN3CCN(C(=O)CCC)CC3)c(O)c(CN3CCN(C(=O)CCC)CC3)c2)ssc1=S. The van der Waals surface area contributed by atoms with Gasteiger partial charge in [-0.1, -0.05) is 60.1 Å². The van der Waals surface area contributed by atoms with Crippen LogP contribution < -0.4 is 0 Å². The van der Waals surface area contributed by atoms with Gasteiger partial charge in [-0.2, -0.15) is 0 Å². The van der Waals surface area contributed by atoms with Crippen LogP contribution >= 0.6 is 32.9 Å². The van der Waals surface area contributed by atoms with Gasteiger partial charge in [-0.3, -0.25) is 19.4 Å². The zero-order valence-corrected chi connectivity index (χ0v) is 27.4. The summed E-state index contributed by atoms with van der Waals surface area (Å²) in [6, 6.07) is 4.33. The molecule has 1 N–H and O–H groups in total. The molecule has 3 heterocycles. The average Bonchev–Trinajstić information content (AvgIpc) is 3.34. The zero-order chi connectivity index (χ0) is 29.4. The summed E-state index contributed by atoms with van der Waals surface area (Å²) in [6.07, 6.45) is 6.20. The Morgan fingerprint density at radius 3 is 1.71 bits per heavy atom. The smallest absolute Gasteiger partial charge is 0.222 e. The molecule has 226 valence electrons. The Labute approximate surface area is 258 Å². The summed E-state index contributed by atoms with van der Waals surface area (Å²) in [5.74, 6) is 0.861. The van der Waals surface area contributed by atoms with Gasteiger partial charge in [0.15, 0.2) is 0 Å². The third-order valence-corrected chi connectivity index (χ3v) is 11.4. The first-order valence-corrected chi connectivity index (χ1v) is 17.9. The summed E-state index contributed by atoms with van der Waals surface area (Å²) in [4.78, 5) is 34.7. The number of carbonyl (C=O) groups is 2. The molecule has 1 aromatic carbocycles. The minimum absolute atomic E-state index is 0.244. The predicted octanol–water partition coefficient (Wildman–Crippen LogP) is 6.14. The van der Waals surface area contributed by atoms with E-state index in [9.17, 15) is 14.7 Å². The number of nitrogens with zero attached hydrogens (tertiary/aromatic N) is 4. The normalized spacial score (nSPS) is 16.9. The second-order valence-electron chi connectivity index (χ2n) is 11.3. The number of piperazine rings is 2. The summed E-state index contributed by atoms with van der Waals surface area (Å²) < 4.78 is 0.982. The first kappa shape index (κ1) is 32.1. The quantitative estimate of drug-likeness (QED) is 0.228. The minimum atomic E-state index is 0.244. The highest BCUT2D eigenvalue weighted by Crippen LogP contribution is 2.39. The van der Waals surface area contributed by atoms with E-state index in [-0.39, 0.29) is 11.8 Å². The molecule has 0 unspecified atom stereocenters. The lowest BCUT2D eigenvalue weighted by Gasteiger charge is -2.36. The fourth-order valence-corrected chi connectivity index (χ4v) is 8.72. The Morgan fingerprint density at radius 2 is 1.27 bits per heavy atom. The summed E-state index contributed by atoms with van der Waals surface area (Å²) in [6.45, 7) is 13.8. The highest BCUT2D eigenvalue weighted by molar-refractivity contribution is 7.80. The van der Waals surface area contributed by atoms with Gasteiger partial charge in [-0.25, -0.2) is 0 Å². The lowest BCUT2D eigenvalue weighted by molar-refractivity contribution is -0.133. The zero-order valence-electron chi connectivity index (χ0n) is 25.0. The molecule has 2 aliphatic heterocycles. The van der Waals surface area contributed by atoms with Crippen LogP contribution in [-0.4, -0.2) is 88.9 Å². The number of amides is 2. The van der Waals surface area contributed by atoms with Crippen LogP contribution in [0.1, 0.15) is 76.0 Å². The molecule has 10 heteroatoms. The van der Waals surface area contributed by atoms with Gasteiger partial charge in [-0.15, -0.1) is 0 Å². The van der Waals surface area contributed by atoms with Crippen LogP contribution in [0.25, 0.3) is 10.4 Å². The van der Waals surface area contributed by atoms with Gasteiger partial charge in [0.1, 0.15) is 9.57 Å². The Kier molecular flexibility index (Phi) is 12.2. The van der Waals surface area contributed by atoms with Gasteiger partial charge >= 0.3 is 0 Å². The number of benzene rings is 1. The molecule has 0 aliphatic carbocycles. The van der Waals surface area contributed by atoms with Crippen molar-refractivity contribution in [3.05, 3.63) is 32.6 Å². The molecule has 2 amide bonds. The van der Waals surface area contributed by atoms with Crippen molar-refractivity contribution in [2.24, 2.45) is 0 Å². The molecule has 2 saturated heterocycles. The number of aromatic hydroxyl groups is 1. The van der Waals surface area contributed by atoms with E-state index < -0.39 is 0 Å². The highest BCUT2D eigenvalue weighted by Gasteiger charge is 2.25. The lowest BCUT2D eigenvalue weighted by Crippen LogP contribution is -2.48. The summed E-state index contributed by atoms with van der Waals surface area (Å²) in [7, 11) is 3.43. The van der Waals surface area contributed by atoms with Crippen molar-refractivity contribution in [3.63, 3.8) is 0 Å². The summed E-state index contributed by atoms with van der Waals surface area (Å²) >= 11 is 5.74. The van der Waals surface area contributed by atoms with Gasteiger partial charge in [0.25, 0.3) is 0 Å². The topological polar surface area (TPSA) is 67.3 Å². The maximum Gasteiger partial charge on any atom is 0.222 e. The van der Waals surface area contributed by atoms with Crippen LogP contribution in [0.15, 0.2) is 12.1 Å². The number of phenols is 1. The van der Waals surface area contributed by atoms with Gasteiger partial charge in [0.05, 0.1) is 4.88 Å². The lowest BCUT2D eigenvalue weighted by atomic mass is 9.98. The van der Waals surface area contributed by atoms with Crippen molar-refractivity contribution >= 4 is 44.7 Å². The second-order valence-corrected chi connectivity index (χ2v) is 14.1. The number of hydrogen-bond donors (Lipinski definition) is 1. The maximum atomic E-state index is 12.4. The van der Waals surface area contributed by atoms with Crippen molar-refractivity contribution in [3.8, 4) is 16.2 Å². The Morgan fingerprint density at radius 1 is 0.780 bits per heavy atom. The van der Waals surface area contributed by atoms with Crippen LogP contribution in [0.5, 0.6) is 5.75 Å². The maximum absolute atomic E-state index is 12.4. The molecule has 2 fully saturated rings. The largest absolute Gasteiger partial charge is 0.507 e. The third-order valence-electron chi connectivity index (χ3n) is 8.20. The van der Waals surface area contributed by atoms with Crippen LogP contribution in [0, 0.1) is 3.82 Å². The van der Waals surface area contributed by atoms with Gasteiger partial charge < -0.3 is 14.9 Å². The Bertz CT molecular complexity index is 1170. The van der Waals surface area contributed by atoms with Crippen molar-refractivity contribution in [1.29, 1.82) is 0 Å². The van der Waals surface area contributed by atoms with E-state index in [1.165, 1.54) is 10.4 Å². The molecule has 0 spiro atoms. The monoisotopic (exact) mass is 618 g/mol. The fraction of sp³-hybridized carbons (Fsp3) is 0.645. The molecule has 41 heavy (non-hydrogen) atoms. The first-order valence-electron chi connectivity index (χ1n) is 15.3. The number of carbonyl (C=O) groups excluding carboxylic acids is 2. The number of unbranched alkanes of at least 4 members (excludes halogenated alkanes) is 1. The van der Waals surface area contributed by atoms with E-state index >= 15 is 0 Å². The van der Waals surface area contributed by atoms with Crippen molar-refractivity contribution in [2.75, 3.05) is 52.4 Å². The third kappa shape index (κ3) is 8.38. The number of rotatable bonds is 12. The molecule has 2 aromatic rings. The van der Waals surface area contributed by atoms with Crippen molar-refractivity contribution < 1.29 is 14.7 Å². The molecular formula is C31H46N4O3S3. The molecule has 2 aliphatic rings. The van der Waals surface area contributed by atoms with Gasteiger partial charge in [-0.05, 0) is 48.9 Å². The summed E-state index contributed by atoms with van der Waals surface area (Å²) in [5.41, 5.74) is 4.29. The molecule has 0 atom stereocenters. The first-order chi connectivity index (χ1) is 19.8. The van der Waals surface area contributed by atoms with Gasteiger partial charge in [0.2, 0.25) is 11.8 Å². The van der Waals surface area contributed by atoms with Crippen LogP contribution in [-0.2, 0) is 29.1 Å². The van der Waals surface area contributed by atoms with E-state index in [2.05, 4.69) is 28.9 Å². The molecule has 1 aromatic heterocycles. The summed E-state index contributed by atoms with van der Waals surface area (Å²) in [5, 5.41) is 11.6. The standard InChI is InChI=1S/C31H46N4O3S3/c1-4-7-10-26-30(40-41-31(26)39)23-19-24(21-32-11-15-34(16-12-32)27(36)8-5-2)29(38)25(20-23)22-33-13-17-35(18-14-33)28(37)9-6-3/h19-20,38H,4-18,21-22H2,1-3H3. The van der Waals surface area contributed by atoms with E-state index in [1.54, 1.807) is 20.7 Å². The molecule has 4 rings (SSSR count). The van der Waals surface area contributed by atoms with Crippen LogP contribution in [0.2, 0.25) is 0 Å². The molecule has 7 nitrogen and oxygen atoms in total. The minimum Gasteiger partial charge on any atom is -0.507 e. The molecule has 0 bridgehead atoms.